The molecule has 5 nitrogen and oxygen atoms in total. The van der Waals surface area contributed by atoms with Gasteiger partial charge in [0, 0.05) is 44.5 Å². The average Bonchev–Trinajstić information content (AvgIpc) is 2.69. The molecule has 27 heavy (non-hydrogen) atoms. The van der Waals surface area contributed by atoms with Crippen LogP contribution in [0.15, 0.2) is 48.5 Å². The number of benzene rings is 2. The van der Waals surface area contributed by atoms with Crippen LogP contribution in [0, 0.1) is 0 Å². The van der Waals surface area contributed by atoms with Gasteiger partial charge in [-0.25, -0.2) is 0 Å². The monoisotopic (exact) mass is 374 g/mol. The number of ketones is 1. The van der Waals surface area contributed by atoms with Gasteiger partial charge in [0.15, 0.2) is 5.78 Å². The van der Waals surface area contributed by atoms with E-state index in [0.29, 0.717) is 31.1 Å². The van der Waals surface area contributed by atoms with Crippen LogP contribution in [0.3, 0.4) is 0 Å². The first-order valence-electron chi connectivity index (χ1n) is 9.35. The lowest BCUT2D eigenvalue weighted by atomic mass is 10.0. The highest BCUT2D eigenvalue weighted by atomic mass is 16.5. The summed E-state index contributed by atoms with van der Waals surface area (Å²) >= 11 is 0. The van der Waals surface area contributed by atoms with Crippen molar-refractivity contribution in [2.75, 3.05) is 33.0 Å². The van der Waals surface area contributed by atoms with E-state index in [9.17, 15) is 9.90 Å². The molecule has 148 valence electrons. The van der Waals surface area contributed by atoms with Crippen LogP contribution in [0.1, 0.15) is 43.1 Å². The normalized spacial score (nSPS) is 10.0. The maximum atomic E-state index is 12.3. The van der Waals surface area contributed by atoms with E-state index in [0.717, 1.165) is 19.6 Å². The minimum Gasteiger partial charge on any atom is -0.507 e. The van der Waals surface area contributed by atoms with Crippen molar-refractivity contribution in [2.24, 2.45) is 0 Å². The molecule has 0 aliphatic heterocycles. The van der Waals surface area contributed by atoms with Crippen LogP contribution in [0.2, 0.25) is 0 Å². The first-order valence-corrected chi connectivity index (χ1v) is 9.35. The number of phenolic OH excluding ortho intramolecular Hbond substituents is 1. The van der Waals surface area contributed by atoms with Gasteiger partial charge in [0.1, 0.15) is 11.5 Å². The first kappa shape index (κ1) is 22.7. The van der Waals surface area contributed by atoms with Crippen molar-refractivity contribution in [3.05, 3.63) is 59.7 Å². The molecule has 0 amide bonds. The molecule has 0 aliphatic carbocycles. The van der Waals surface area contributed by atoms with Crippen molar-refractivity contribution in [3.8, 4) is 11.5 Å². The van der Waals surface area contributed by atoms with Crippen LogP contribution in [-0.2, 0) is 9.47 Å². The zero-order valence-electron chi connectivity index (χ0n) is 16.4. The second kappa shape index (κ2) is 13.8. The van der Waals surface area contributed by atoms with Gasteiger partial charge in [-0.05, 0) is 32.9 Å². The van der Waals surface area contributed by atoms with E-state index < -0.39 is 0 Å². The number of phenols is 1. The molecule has 0 aromatic heterocycles. The van der Waals surface area contributed by atoms with Crippen molar-refractivity contribution in [2.45, 2.75) is 27.2 Å². The number of carbonyl (C=O) groups excluding carboxylic acids is 1. The Morgan fingerprint density at radius 2 is 1.56 bits per heavy atom. The maximum absolute atomic E-state index is 12.3. The Kier molecular flexibility index (Phi) is 11.6. The third-order valence-electron chi connectivity index (χ3n) is 3.56. The van der Waals surface area contributed by atoms with Gasteiger partial charge in [-0.1, -0.05) is 30.3 Å². The van der Waals surface area contributed by atoms with Gasteiger partial charge in [0.05, 0.1) is 12.2 Å². The number of hydrogen-bond acceptors (Lipinski definition) is 5. The molecular formula is C22H30O5. The van der Waals surface area contributed by atoms with Gasteiger partial charge in [-0.15, -0.1) is 0 Å². The quantitative estimate of drug-likeness (QED) is 0.491. The zero-order chi connectivity index (χ0) is 19.9. The predicted octanol–water partition coefficient (Wildman–Crippen LogP) is 4.47. The van der Waals surface area contributed by atoms with Crippen molar-refractivity contribution in [1.82, 2.24) is 0 Å². The largest absolute Gasteiger partial charge is 0.507 e. The van der Waals surface area contributed by atoms with E-state index in [1.165, 1.54) is 6.07 Å². The molecule has 1 N–H and O–H groups in total. The summed E-state index contributed by atoms with van der Waals surface area (Å²) in [5.74, 6) is 0.260. The standard InChI is InChI=1S/C18H20O4.C4H10O/c1-2-21-11-6-12-22-15-9-10-16(17(19)13-15)18(20)14-7-4-3-5-8-14;1-3-5-4-2/h3-5,7-10,13,19H,2,6,11-12H2,1H3;3-4H2,1-2H3. The Labute approximate surface area is 161 Å². The first-order chi connectivity index (χ1) is 13.1. The lowest BCUT2D eigenvalue weighted by Gasteiger charge is -2.09. The molecule has 0 saturated carbocycles. The molecule has 0 aliphatic rings. The van der Waals surface area contributed by atoms with Crippen LogP contribution in [-0.4, -0.2) is 43.9 Å². The predicted molar refractivity (Wildman–Crippen MR) is 107 cm³/mol. The van der Waals surface area contributed by atoms with Crippen molar-refractivity contribution in [1.29, 1.82) is 0 Å². The van der Waals surface area contributed by atoms with Gasteiger partial charge in [-0.3, -0.25) is 4.79 Å². The molecule has 0 unspecified atom stereocenters. The number of hydrogen-bond donors (Lipinski definition) is 1. The summed E-state index contributed by atoms with van der Waals surface area (Å²) in [6.45, 7) is 9.46. The summed E-state index contributed by atoms with van der Waals surface area (Å²) in [5, 5.41) is 10.0. The van der Waals surface area contributed by atoms with E-state index in [-0.39, 0.29) is 17.1 Å². The minimum atomic E-state index is -0.207. The SMILES string of the molecule is CCOCC.CCOCCCOc1ccc(C(=O)c2ccccc2)c(O)c1. The van der Waals surface area contributed by atoms with Gasteiger partial charge >= 0.3 is 0 Å². The van der Waals surface area contributed by atoms with Crippen LogP contribution in [0.4, 0.5) is 0 Å². The number of aromatic hydroxyl groups is 1. The van der Waals surface area contributed by atoms with E-state index in [4.69, 9.17) is 14.2 Å². The maximum Gasteiger partial charge on any atom is 0.196 e. The molecule has 0 saturated heterocycles. The molecule has 0 heterocycles. The van der Waals surface area contributed by atoms with Gasteiger partial charge < -0.3 is 19.3 Å². The highest BCUT2D eigenvalue weighted by Crippen LogP contribution is 2.26. The Morgan fingerprint density at radius 3 is 2.11 bits per heavy atom. The fourth-order valence-corrected chi connectivity index (χ4v) is 2.24. The van der Waals surface area contributed by atoms with E-state index in [1.807, 2.05) is 26.8 Å². The van der Waals surface area contributed by atoms with E-state index in [1.54, 1.807) is 36.4 Å². The van der Waals surface area contributed by atoms with Crippen LogP contribution in [0.25, 0.3) is 0 Å². The molecular weight excluding hydrogens is 344 g/mol. The fourth-order valence-electron chi connectivity index (χ4n) is 2.24. The lowest BCUT2D eigenvalue weighted by molar-refractivity contribution is 0.103. The lowest BCUT2D eigenvalue weighted by Crippen LogP contribution is -2.04. The molecule has 2 aromatic carbocycles. The highest BCUT2D eigenvalue weighted by molar-refractivity contribution is 6.10. The zero-order valence-corrected chi connectivity index (χ0v) is 16.4. The highest BCUT2D eigenvalue weighted by Gasteiger charge is 2.13. The number of ether oxygens (including phenoxy) is 3. The second-order valence-electron chi connectivity index (χ2n) is 5.55. The summed E-state index contributed by atoms with van der Waals surface area (Å²) in [6.07, 6.45) is 0.777. The topological polar surface area (TPSA) is 65.0 Å². The Balaban J connectivity index is 0.000000646. The van der Waals surface area contributed by atoms with Crippen LogP contribution >= 0.6 is 0 Å². The molecule has 0 radical (unpaired) electrons. The van der Waals surface area contributed by atoms with Gasteiger partial charge in [-0.2, -0.15) is 0 Å². The van der Waals surface area contributed by atoms with Gasteiger partial charge in [0.25, 0.3) is 0 Å². The smallest absolute Gasteiger partial charge is 0.196 e. The molecule has 2 aromatic rings. The summed E-state index contributed by atoms with van der Waals surface area (Å²) in [5.41, 5.74) is 0.816. The Morgan fingerprint density at radius 1 is 0.889 bits per heavy atom. The second-order valence-corrected chi connectivity index (χ2v) is 5.55. The van der Waals surface area contributed by atoms with Crippen LogP contribution < -0.4 is 4.74 Å². The third-order valence-corrected chi connectivity index (χ3v) is 3.56. The molecule has 0 fully saturated rings. The third kappa shape index (κ3) is 8.71. The average molecular weight is 374 g/mol. The van der Waals surface area contributed by atoms with Crippen LogP contribution in [0.5, 0.6) is 11.5 Å². The summed E-state index contributed by atoms with van der Waals surface area (Å²) < 4.78 is 15.6. The summed E-state index contributed by atoms with van der Waals surface area (Å²) in [7, 11) is 0. The summed E-state index contributed by atoms with van der Waals surface area (Å²) in [4.78, 5) is 12.3. The molecule has 2 rings (SSSR count). The fraction of sp³-hybridized carbons (Fsp3) is 0.409. The molecule has 0 atom stereocenters. The molecule has 0 spiro atoms. The number of carbonyl (C=O) groups is 1. The Hall–Kier alpha value is -2.37. The number of rotatable bonds is 10. The Bertz CT molecular complexity index is 653. The molecule has 0 bridgehead atoms. The summed E-state index contributed by atoms with van der Waals surface area (Å²) in [6, 6.07) is 13.6. The van der Waals surface area contributed by atoms with E-state index in [2.05, 4.69) is 0 Å². The minimum absolute atomic E-state index is 0.0730. The van der Waals surface area contributed by atoms with Crippen molar-refractivity contribution < 1.29 is 24.1 Å². The van der Waals surface area contributed by atoms with E-state index >= 15 is 0 Å². The molecule has 5 heteroatoms. The van der Waals surface area contributed by atoms with Gasteiger partial charge in [0.2, 0.25) is 0 Å². The van der Waals surface area contributed by atoms with Crippen molar-refractivity contribution in [3.63, 3.8) is 0 Å². The van der Waals surface area contributed by atoms with Crippen molar-refractivity contribution >= 4 is 5.78 Å².